The van der Waals surface area contributed by atoms with Gasteiger partial charge in [-0.05, 0) is 37.8 Å². The highest BCUT2D eigenvalue weighted by atomic mass is 35.5. The van der Waals surface area contributed by atoms with Crippen molar-refractivity contribution >= 4 is 39.7 Å². The summed E-state index contributed by atoms with van der Waals surface area (Å²) in [5.74, 6) is 13.6. The molecule has 0 atom stereocenters. The Bertz CT molecular complexity index is 1280. The van der Waals surface area contributed by atoms with Crippen LogP contribution >= 0.6 is 11.6 Å². The molecule has 1 fully saturated rings. The molecule has 1 aliphatic carbocycles. The van der Waals surface area contributed by atoms with E-state index in [0.717, 1.165) is 59.3 Å². The molecule has 1 aliphatic rings. The fourth-order valence-electron chi connectivity index (χ4n) is 4.70. The van der Waals surface area contributed by atoms with E-state index in [0.29, 0.717) is 16.7 Å². The Hall–Kier alpha value is -3.30. The van der Waals surface area contributed by atoms with E-state index in [9.17, 15) is 0 Å². The fourth-order valence-corrected chi connectivity index (χ4v) is 4.92. The molecule has 10 heteroatoms. The number of aromatic amines is 1. The lowest BCUT2D eigenvalue weighted by Gasteiger charge is -2.28. The third-order valence-electron chi connectivity index (χ3n) is 6.24. The summed E-state index contributed by atoms with van der Waals surface area (Å²) in [7, 11) is 0. The van der Waals surface area contributed by atoms with E-state index in [2.05, 4.69) is 24.9 Å². The number of aromatic nitrogens is 4. The number of hydrogen-bond donors (Lipinski definition) is 5. The van der Waals surface area contributed by atoms with Gasteiger partial charge in [-0.3, -0.25) is 4.40 Å². The molecule has 1 aromatic carbocycles. The van der Waals surface area contributed by atoms with Gasteiger partial charge in [-0.25, -0.2) is 15.8 Å². The molecule has 31 heavy (non-hydrogen) atoms. The van der Waals surface area contributed by atoms with Crippen LogP contribution in [0.15, 0.2) is 41.8 Å². The number of fused-ring (bicyclic) bond motifs is 2. The summed E-state index contributed by atoms with van der Waals surface area (Å²) in [6.07, 6.45) is 7.39. The average Bonchev–Trinajstić information content (AvgIpc) is 3.39. The summed E-state index contributed by atoms with van der Waals surface area (Å²) >= 11 is 6.37. The van der Waals surface area contributed by atoms with Gasteiger partial charge in [-0.15, -0.1) is 0 Å². The van der Waals surface area contributed by atoms with E-state index >= 15 is 0 Å². The van der Waals surface area contributed by atoms with Gasteiger partial charge < -0.3 is 22.0 Å². The Morgan fingerprint density at radius 1 is 1.26 bits per heavy atom. The molecule has 0 saturated heterocycles. The molecule has 0 bridgehead atoms. The lowest BCUT2D eigenvalue weighted by Crippen LogP contribution is -2.38. The SMILES string of the molecule is N/N=C(\NN)C1CCC(c2nc(-c3cc4cccc(Cl)c4[nH]3)c3c(N)nccn23)CC1. The smallest absolute Gasteiger partial charge is 0.150 e. The summed E-state index contributed by atoms with van der Waals surface area (Å²) in [6.45, 7) is 0. The van der Waals surface area contributed by atoms with Gasteiger partial charge in [0.25, 0.3) is 0 Å². The van der Waals surface area contributed by atoms with Crippen molar-refractivity contribution in [3.8, 4) is 11.4 Å². The quantitative estimate of drug-likeness (QED) is 0.144. The Kier molecular flexibility index (Phi) is 4.91. The summed E-state index contributed by atoms with van der Waals surface area (Å²) in [4.78, 5) is 12.8. The van der Waals surface area contributed by atoms with Gasteiger partial charge >= 0.3 is 0 Å². The molecule has 0 amide bonds. The number of nitrogens with zero attached hydrogens (tertiary/aromatic N) is 4. The van der Waals surface area contributed by atoms with Crippen molar-refractivity contribution in [3.05, 3.63) is 47.5 Å². The van der Waals surface area contributed by atoms with E-state index in [1.807, 2.05) is 30.5 Å². The Morgan fingerprint density at radius 2 is 2.06 bits per heavy atom. The Balaban J connectivity index is 1.57. The molecule has 0 radical (unpaired) electrons. The van der Waals surface area contributed by atoms with Gasteiger partial charge in [0, 0.05) is 29.6 Å². The number of nitrogens with one attached hydrogen (secondary N) is 2. The van der Waals surface area contributed by atoms with Crippen LogP contribution in [0.3, 0.4) is 0 Å². The maximum atomic E-state index is 6.37. The van der Waals surface area contributed by atoms with Gasteiger partial charge in [-0.2, -0.15) is 5.10 Å². The van der Waals surface area contributed by atoms with E-state index in [4.69, 9.17) is 34.0 Å². The highest BCUT2D eigenvalue weighted by molar-refractivity contribution is 6.35. The van der Waals surface area contributed by atoms with Gasteiger partial charge in [-0.1, -0.05) is 23.7 Å². The number of anilines is 1. The predicted molar refractivity (Wildman–Crippen MR) is 123 cm³/mol. The van der Waals surface area contributed by atoms with Crippen molar-refractivity contribution in [1.82, 2.24) is 24.8 Å². The van der Waals surface area contributed by atoms with Crippen LogP contribution in [0.25, 0.3) is 27.8 Å². The van der Waals surface area contributed by atoms with Crippen molar-refractivity contribution in [1.29, 1.82) is 0 Å². The van der Waals surface area contributed by atoms with Crippen molar-refractivity contribution in [2.45, 2.75) is 31.6 Å². The third-order valence-corrected chi connectivity index (χ3v) is 6.55. The predicted octanol–water partition coefficient (Wildman–Crippen LogP) is 3.12. The monoisotopic (exact) mass is 437 g/mol. The number of benzene rings is 1. The fraction of sp³-hybridized carbons (Fsp3) is 0.286. The summed E-state index contributed by atoms with van der Waals surface area (Å²) in [5, 5.41) is 5.47. The molecule has 8 N–H and O–H groups in total. The average molecular weight is 438 g/mol. The molecular weight excluding hydrogens is 414 g/mol. The standard InChI is InChI=1S/C21H24ClN9/c22-14-3-1-2-13-10-15(27-16(13)14)17-18-19(23)26-8-9-31(18)21(28-17)12-6-4-11(5-7-12)20(29-24)30-25/h1-3,8-12,27H,4-7,24-25H2,(H2,23,26)(H,29,30). The van der Waals surface area contributed by atoms with E-state index in [1.54, 1.807) is 6.20 Å². The van der Waals surface area contributed by atoms with Crippen molar-refractivity contribution < 1.29 is 0 Å². The molecule has 0 unspecified atom stereocenters. The van der Waals surface area contributed by atoms with E-state index in [-0.39, 0.29) is 11.8 Å². The first-order chi connectivity index (χ1) is 15.1. The number of imidazole rings is 1. The van der Waals surface area contributed by atoms with Crippen molar-refractivity contribution in [2.75, 3.05) is 5.73 Å². The van der Waals surface area contributed by atoms with Crippen LogP contribution in [0.4, 0.5) is 5.82 Å². The number of halogens is 1. The molecule has 160 valence electrons. The normalized spacial score (nSPS) is 19.9. The molecule has 0 aliphatic heterocycles. The number of hydrogen-bond acceptors (Lipinski definition) is 6. The summed E-state index contributed by atoms with van der Waals surface area (Å²) in [6, 6.07) is 7.87. The third kappa shape index (κ3) is 3.26. The highest BCUT2D eigenvalue weighted by Gasteiger charge is 2.29. The summed E-state index contributed by atoms with van der Waals surface area (Å²) in [5.41, 5.74) is 12.2. The molecule has 3 heterocycles. The van der Waals surface area contributed by atoms with Crippen molar-refractivity contribution in [3.63, 3.8) is 0 Å². The number of H-pyrrole nitrogens is 1. The first-order valence-corrected chi connectivity index (χ1v) is 10.6. The number of hydrazine groups is 1. The van der Waals surface area contributed by atoms with Gasteiger partial charge in [0.2, 0.25) is 0 Å². The first kappa shape index (κ1) is 19.7. The number of nitrogens with two attached hydrogens (primary N) is 3. The second kappa shape index (κ2) is 7.75. The van der Waals surface area contributed by atoms with Crippen LogP contribution in [0.5, 0.6) is 0 Å². The first-order valence-electron chi connectivity index (χ1n) is 10.2. The Morgan fingerprint density at radius 3 is 2.77 bits per heavy atom. The molecule has 4 aromatic rings. The van der Waals surface area contributed by atoms with Crippen LogP contribution < -0.4 is 22.8 Å². The number of hydrazone groups is 1. The minimum atomic E-state index is 0.236. The number of rotatable bonds is 3. The second-order valence-electron chi connectivity index (χ2n) is 7.94. The Labute approximate surface area is 183 Å². The molecule has 0 spiro atoms. The van der Waals surface area contributed by atoms with Crippen LogP contribution in [0, 0.1) is 5.92 Å². The van der Waals surface area contributed by atoms with E-state index in [1.165, 1.54) is 0 Å². The maximum absolute atomic E-state index is 6.37. The lowest BCUT2D eigenvalue weighted by molar-refractivity contribution is 0.375. The number of nitrogen functional groups attached to an aromatic ring is 1. The zero-order chi connectivity index (χ0) is 21.5. The van der Waals surface area contributed by atoms with Gasteiger partial charge in [0.05, 0.1) is 16.2 Å². The van der Waals surface area contributed by atoms with Gasteiger partial charge in [0.1, 0.15) is 28.7 Å². The van der Waals surface area contributed by atoms with Gasteiger partial charge in [0.15, 0.2) is 0 Å². The van der Waals surface area contributed by atoms with Crippen LogP contribution in [0.2, 0.25) is 5.02 Å². The minimum Gasteiger partial charge on any atom is -0.382 e. The zero-order valence-electron chi connectivity index (χ0n) is 16.8. The molecule has 5 rings (SSSR count). The topological polar surface area (TPSA) is 148 Å². The molecular formula is C21H24ClN9. The molecule has 1 saturated carbocycles. The number of para-hydroxylation sites is 1. The second-order valence-corrected chi connectivity index (χ2v) is 8.35. The number of amidine groups is 1. The lowest BCUT2D eigenvalue weighted by atomic mass is 9.81. The maximum Gasteiger partial charge on any atom is 0.150 e. The largest absolute Gasteiger partial charge is 0.382 e. The van der Waals surface area contributed by atoms with Crippen molar-refractivity contribution in [2.24, 2.45) is 22.7 Å². The van der Waals surface area contributed by atoms with E-state index < -0.39 is 0 Å². The van der Waals surface area contributed by atoms with Crippen LogP contribution in [-0.2, 0) is 0 Å². The molecule has 9 nitrogen and oxygen atoms in total. The minimum absolute atomic E-state index is 0.236. The summed E-state index contributed by atoms with van der Waals surface area (Å²) < 4.78 is 2.06. The highest BCUT2D eigenvalue weighted by Crippen LogP contribution is 2.39. The van der Waals surface area contributed by atoms with Crippen LogP contribution in [-0.4, -0.2) is 25.2 Å². The molecule has 3 aromatic heterocycles. The van der Waals surface area contributed by atoms with Crippen LogP contribution in [0.1, 0.15) is 37.4 Å². The zero-order valence-corrected chi connectivity index (χ0v) is 17.6.